The second-order valence-electron chi connectivity index (χ2n) is 8.12. The Labute approximate surface area is 216 Å². The largest absolute Gasteiger partial charge is 0.416 e. The summed E-state index contributed by atoms with van der Waals surface area (Å²) in [6.07, 6.45) is -4.67. The SMILES string of the molecule is CC(=O)NCCNS(=O)(=O)c1cc(C#N)ccc1[C@H]1NC(=O)N(c2cccc(C(F)(F)F)c2)C(C)=C1C#N. The van der Waals surface area contributed by atoms with Crippen LogP contribution in [0.15, 0.2) is 58.6 Å². The molecule has 3 N–H and O–H groups in total. The summed E-state index contributed by atoms with van der Waals surface area (Å²) in [6.45, 7) is 2.42. The summed E-state index contributed by atoms with van der Waals surface area (Å²) in [5.41, 5.74) is -1.32. The van der Waals surface area contributed by atoms with Gasteiger partial charge in [-0.05, 0) is 42.8 Å². The molecule has 0 fully saturated rings. The molecule has 2 aromatic rings. The first kappa shape index (κ1) is 28.2. The van der Waals surface area contributed by atoms with Crippen LogP contribution in [0.25, 0.3) is 0 Å². The Kier molecular flexibility index (Phi) is 8.10. The number of carbonyl (C=O) groups is 2. The van der Waals surface area contributed by atoms with E-state index in [4.69, 9.17) is 0 Å². The van der Waals surface area contributed by atoms with Gasteiger partial charge in [0.15, 0.2) is 0 Å². The quantitative estimate of drug-likeness (QED) is 0.454. The monoisotopic (exact) mass is 546 g/mol. The van der Waals surface area contributed by atoms with Crippen molar-refractivity contribution in [2.75, 3.05) is 18.0 Å². The van der Waals surface area contributed by atoms with E-state index in [0.717, 1.165) is 29.2 Å². The first-order chi connectivity index (χ1) is 17.8. The minimum Gasteiger partial charge on any atom is -0.355 e. The Bertz CT molecular complexity index is 1510. The molecular formula is C24H21F3N6O4S. The van der Waals surface area contributed by atoms with Gasteiger partial charge in [0.05, 0.1) is 45.5 Å². The van der Waals surface area contributed by atoms with E-state index >= 15 is 0 Å². The van der Waals surface area contributed by atoms with Crippen LogP contribution in [0.1, 0.15) is 36.6 Å². The lowest BCUT2D eigenvalue weighted by Crippen LogP contribution is -2.47. The summed E-state index contributed by atoms with van der Waals surface area (Å²) >= 11 is 0. The van der Waals surface area contributed by atoms with Crippen LogP contribution in [-0.2, 0) is 21.0 Å². The van der Waals surface area contributed by atoms with Crippen molar-refractivity contribution in [2.24, 2.45) is 0 Å². The summed E-state index contributed by atoms with van der Waals surface area (Å²) in [7, 11) is -4.30. The zero-order valence-corrected chi connectivity index (χ0v) is 20.9. The zero-order valence-electron chi connectivity index (χ0n) is 20.0. The van der Waals surface area contributed by atoms with E-state index in [9.17, 15) is 41.7 Å². The normalized spacial score (nSPS) is 15.9. The lowest BCUT2D eigenvalue weighted by Gasteiger charge is -2.34. The van der Waals surface area contributed by atoms with Crippen LogP contribution in [0.4, 0.5) is 23.7 Å². The van der Waals surface area contributed by atoms with Crippen LogP contribution in [-0.4, -0.2) is 33.4 Å². The minimum absolute atomic E-state index is 0.00750. The fourth-order valence-electron chi connectivity index (χ4n) is 3.83. The Morgan fingerprint density at radius 1 is 1.13 bits per heavy atom. The number of alkyl halides is 3. The topological polar surface area (TPSA) is 155 Å². The zero-order chi connectivity index (χ0) is 28.3. The number of urea groups is 1. The van der Waals surface area contributed by atoms with E-state index in [0.29, 0.717) is 0 Å². The molecular weight excluding hydrogens is 525 g/mol. The van der Waals surface area contributed by atoms with E-state index in [2.05, 4.69) is 15.4 Å². The molecule has 1 atom stereocenters. The number of benzene rings is 2. The Morgan fingerprint density at radius 3 is 2.45 bits per heavy atom. The van der Waals surface area contributed by atoms with E-state index in [1.165, 1.54) is 32.0 Å². The molecule has 1 heterocycles. The molecule has 0 aromatic heterocycles. The Morgan fingerprint density at radius 2 is 1.84 bits per heavy atom. The van der Waals surface area contributed by atoms with E-state index in [1.54, 1.807) is 0 Å². The molecule has 3 rings (SSSR count). The van der Waals surface area contributed by atoms with Gasteiger partial charge in [-0.1, -0.05) is 12.1 Å². The van der Waals surface area contributed by atoms with Gasteiger partial charge in [0.1, 0.15) is 0 Å². The summed E-state index contributed by atoms with van der Waals surface area (Å²) in [4.78, 5) is 24.7. The first-order valence-corrected chi connectivity index (χ1v) is 12.5. The highest BCUT2D eigenvalue weighted by Crippen LogP contribution is 2.37. The number of anilines is 1. The molecule has 0 saturated carbocycles. The van der Waals surface area contributed by atoms with Crippen molar-refractivity contribution in [3.8, 4) is 12.1 Å². The number of nitrogens with one attached hydrogen (secondary N) is 3. The predicted octanol–water partition coefficient (Wildman–Crippen LogP) is 3.06. The van der Waals surface area contributed by atoms with Crippen LogP contribution in [0.3, 0.4) is 0 Å². The fraction of sp³-hybridized carbons (Fsp3) is 0.250. The van der Waals surface area contributed by atoms with Crippen LogP contribution in [0.2, 0.25) is 0 Å². The molecule has 198 valence electrons. The molecule has 2 aromatic carbocycles. The second-order valence-corrected chi connectivity index (χ2v) is 9.86. The van der Waals surface area contributed by atoms with Crippen LogP contribution < -0.4 is 20.3 Å². The molecule has 10 nitrogen and oxygen atoms in total. The summed E-state index contributed by atoms with van der Waals surface area (Å²) in [5.74, 6) is -0.370. The molecule has 0 bridgehead atoms. The highest BCUT2D eigenvalue weighted by molar-refractivity contribution is 7.89. The second kappa shape index (κ2) is 10.9. The average molecular weight is 547 g/mol. The lowest BCUT2D eigenvalue weighted by atomic mass is 9.94. The van der Waals surface area contributed by atoms with Crippen LogP contribution in [0.5, 0.6) is 0 Å². The molecule has 0 spiro atoms. The molecule has 3 amide bonds. The van der Waals surface area contributed by atoms with Gasteiger partial charge in [-0.3, -0.25) is 9.69 Å². The van der Waals surface area contributed by atoms with Gasteiger partial charge < -0.3 is 10.6 Å². The summed E-state index contributed by atoms with van der Waals surface area (Å²) in [6, 6.07) is 9.20. The van der Waals surface area contributed by atoms with E-state index in [1.807, 2.05) is 12.1 Å². The van der Waals surface area contributed by atoms with Gasteiger partial charge in [0.25, 0.3) is 0 Å². The minimum atomic E-state index is -4.67. The smallest absolute Gasteiger partial charge is 0.355 e. The third kappa shape index (κ3) is 5.94. The van der Waals surface area contributed by atoms with Crippen molar-refractivity contribution in [3.05, 3.63) is 70.4 Å². The molecule has 0 radical (unpaired) electrons. The van der Waals surface area contributed by atoms with Gasteiger partial charge >= 0.3 is 12.2 Å². The molecule has 0 unspecified atom stereocenters. The van der Waals surface area contributed by atoms with Gasteiger partial charge in [-0.15, -0.1) is 0 Å². The highest BCUT2D eigenvalue weighted by Gasteiger charge is 2.37. The number of amides is 3. The fourth-order valence-corrected chi connectivity index (χ4v) is 5.13. The van der Waals surface area contributed by atoms with Gasteiger partial charge in [-0.25, -0.2) is 17.9 Å². The highest BCUT2D eigenvalue weighted by atomic mass is 32.2. The van der Waals surface area contributed by atoms with E-state index in [-0.39, 0.29) is 47.1 Å². The Hall–Kier alpha value is -4.40. The maximum absolute atomic E-state index is 13.2. The van der Waals surface area contributed by atoms with Crippen molar-refractivity contribution in [3.63, 3.8) is 0 Å². The molecule has 0 aliphatic carbocycles. The number of sulfonamides is 1. The maximum Gasteiger partial charge on any atom is 0.416 e. The van der Waals surface area contributed by atoms with Crippen molar-refractivity contribution in [2.45, 2.75) is 31.0 Å². The van der Waals surface area contributed by atoms with Crippen molar-refractivity contribution in [1.82, 2.24) is 15.4 Å². The molecule has 1 aliphatic heterocycles. The number of carbonyl (C=O) groups excluding carboxylic acids is 2. The molecule has 38 heavy (non-hydrogen) atoms. The number of hydrogen-bond acceptors (Lipinski definition) is 6. The van der Waals surface area contributed by atoms with Gasteiger partial charge in [0.2, 0.25) is 15.9 Å². The summed E-state index contributed by atoms with van der Waals surface area (Å²) in [5, 5.41) is 24.1. The Balaban J connectivity index is 2.09. The summed E-state index contributed by atoms with van der Waals surface area (Å²) < 4.78 is 68.2. The number of halogens is 3. The van der Waals surface area contributed by atoms with Crippen LogP contribution >= 0.6 is 0 Å². The molecule has 14 heteroatoms. The number of nitrogens with zero attached hydrogens (tertiary/aromatic N) is 3. The molecule has 1 aliphatic rings. The van der Waals surface area contributed by atoms with Crippen LogP contribution in [0, 0.1) is 22.7 Å². The molecule has 0 saturated heterocycles. The third-order valence-electron chi connectivity index (χ3n) is 5.57. The van der Waals surface area contributed by atoms with Crippen molar-refractivity contribution in [1.29, 1.82) is 10.5 Å². The maximum atomic E-state index is 13.2. The number of rotatable bonds is 7. The lowest BCUT2D eigenvalue weighted by molar-refractivity contribution is -0.137. The van der Waals surface area contributed by atoms with E-state index < -0.39 is 38.7 Å². The number of hydrogen-bond donors (Lipinski definition) is 3. The standard InChI is InChI=1S/C24H21F3N6O4S/c1-14-20(13-29)22(32-23(35)33(14)18-5-3-4-17(11-18)24(25,26)27)19-7-6-16(12-28)10-21(19)38(36,37)31-9-8-30-15(2)34/h3-7,10-11,22,31H,8-9H2,1-2H3,(H,30,34)(H,32,35)/t22-/m1/s1. The predicted molar refractivity (Wildman–Crippen MR) is 129 cm³/mol. The average Bonchev–Trinajstić information content (AvgIpc) is 2.85. The number of allylic oxidation sites excluding steroid dienone is 1. The third-order valence-corrected chi connectivity index (χ3v) is 7.09. The first-order valence-electron chi connectivity index (χ1n) is 11.0. The van der Waals surface area contributed by atoms with Crippen molar-refractivity contribution >= 4 is 27.6 Å². The van der Waals surface area contributed by atoms with Gasteiger partial charge in [0, 0.05) is 25.7 Å². The van der Waals surface area contributed by atoms with Crippen molar-refractivity contribution < 1.29 is 31.2 Å². The number of nitriles is 2. The van der Waals surface area contributed by atoms with Gasteiger partial charge in [-0.2, -0.15) is 23.7 Å².